The quantitative estimate of drug-likeness (QED) is 0.433. The Balaban J connectivity index is 1.57. The van der Waals surface area contributed by atoms with Crippen LogP contribution in [0.4, 0.5) is 0 Å². The zero-order valence-corrected chi connectivity index (χ0v) is 17.5. The summed E-state index contributed by atoms with van der Waals surface area (Å²) in [6.45, 7) is 0.763. The van der Waals surface area contributed by atoms with E-state index in [2.05, 4.69) is 33.1 Å². The van der Waals surface area contributed by atoms with E-state index in [0.29, 0.717) is 17.9 Å². The number of amides is 1. The van der Waals surface area contributed by atoms with Gasteiger partial charge in [0.25, 0.3) is 0 Å². The molecule has 28 heavy (non-hydrogen) atoms. The molecule has 6 nitrogen and oxygen atoms in total. The van der Waals surface area contributed by atoms with Gasteiger partial charge < -0.3 is 9.64 Å². The summed E-state index contributed by atoms with van der Waals surface area (Å²) in [6, 6.07) is 12.2. The van der Waals surface area contributed by atoms with E-state index in [4.69, 9.17) is 0 Å². The number of aromatic amines is 1. The standard InChI is InChI=1S/C21H29N3O3S/c1-24(20(25)12-14-28-16-21(26)27-2)13-8-4-7-11-18-15-19(23-22-18)17-9-5-3-6-10-17/h3,5-6,9-10,15H,4,7-8,11-14,16H2,1-2H3,(H,22,23). The van der Waals surface area contributed by atoms with Gasteiger partial charge in [-0.2, -0.15) is 5.10 Å². The highest BCUT2D eigenvalue weighted by molar-refractivity contribution is 7.99. The number of ether oxygens (including phenoxy) is 1. The largest absolute Gasteiger partial charge is 0.468 e. The average Bonchev–Trinajstić information content (AvgIpc) is 3.20. The number of aromatic nitrogens is 2. The molecular formula is C21H29N3O3S. The molecule has 152 valence electrons. The predicted octanol–water partition coefficient (Wildman–Crippen LogP) is 3.54. The molecule has 1 heterocycles. The molecule has 0 bridgehead atoms. The minimum absolute atomic E-state index is 0.124. The summed E-state index contributed by atoms with van der Waals surface area (Å²) in [5, 5.41) is 7.49. The number of benzene rings is 1. The van der Waals surface area contributed by atoms with Gasteiger partial charge in [-0.05, 0) is 25.3 Å². The number of carbonyl (C=O) groups excluding carboxylic acids is 2. The number of hydrogen-bond donors (Lipinski definition) is 1. The number of rotatable bonds is 12. The monoisotopic (exact) mass is 403 g/mol. The second-order valence-electron chi connectivity index (χ2n) is 6.65. The molecule has 0 spiro atoms. The first-order valence-electron chi connectivity index (χ1n) is 9.58. The number of methoxy groups -OCH3 is 1. The van der Waals surface area contributed by atoms with Gasteiger partial charge >= 0.3 is 5.97 Å². The molecule has 7 heteroatoms. The average molecular weight is 404 g/mol. The molecule has 1 aromatic carbocycles. The number of nitrogens with one attached hydrogen (secondary N) is 1. The third kappa shape index (κ3) is 7.76. The predicted molar refractivity (Wildman–Crippen MR) is 113 cm³/mol. The highest BCUT2D eigenvalue weighted by Crippen LogP contribution is 2.18. The van der Waals surface area contributed by atoms with Gasteiger partial charge in [-0.1, -0.05) is 36.8 Å². The van der Waals surface area contributed by atoms with Crippen LogP contribution in [0.2, 0.25) is 0 Å². The Morgan fingerprint density at radius 1 is 1.18 bits per heavy atom. The number of H-pyrrole nitrogens is 1. The second kappa shape index (κ2) is 12.2. The number of carbonyl (C=O) groups is 2. The van der Waals surface area contributed by atoms with Crippen molar-refractivity contribution >= 4 is 23.6 Å². The molecule has 0 aliphatic rings. The van der Waals surface area contributed by atoms with E-state index >= 15 is 0 Å². The Hall–Kier alpha value is -2.28. The maximum atomic E-state index is 12.1. The van der Waals surface area contributed by atoms with Crippen molar-refractivity contribution in [3.8, 4) is 11.3 Å². The molecule has 0 aliphatic carbocycles. The lowest BCUT2D eigenvalue weighted by Crippen LogP contribution is -2.28. The van der Waals surface area contributed by atoms with Crippen molar-refractivity contribution in [1.82, 2.24) is 15.1 Å². The van der Waals surface area contributed by atoms with Crippen LogP contribution in [0.3, 0.4) is 0 Å². The Morgan fingerprint density at radius 3 is 2.71 bits per heavy atom. The fourth-order valence-corrected chi connectivity index (χ4v) is 3.52. The van der Waals surface area contributed by atoms with Crippen molar-refractivity contribution < 1.29 is 14.3 Å². The molecule has 1 N–H and O–H groups in total. The number of thioether (sulfide) groups is 1. The fraction of sp³-hybridized carbons (Fsp3) is 0.476. The molecule has 0 saturated heterocycles. The van der Waals surface area contributed by atoms with Crippen molar-refractivity contribution in [1.29, 1.82) is 0 Å². The Labute approximate surface area is 171 Å². The first kappa shape index (κ1) is 22.0. The number of aryl methyl sites for hydroxylation is 1. The molecule has 0 unspecified atom stereocenters. The van der Waals surface area contributed by atoms with Crippen molar-refractivity contribution in [3.63, 3.8) is 0 Å². The molecule has 0 saturated carbocycles. The van der Waals surface area contributed by atoms with Crippen LogP contribution in [0, 0.1) is 0 Å². The van der Waals surface area contributed by atoms with Crippen LogP contribution < -0.4 is 0 Å². The van der Waals surface area contributed by atoms with Gasteiger partial charge in [0.1, 0.15) is 0 Å². The van der Waals surface area contributed by atoms with E-state index in [1.54, 1.807) is 4.90 Å². The lowest BCUT2D eigenvalue weighted by atomic mass is 10.1. The smallest absolute Gasteiger partial charge is 0.315 e. The summed E-state index contributed by atoms with van der Waals surface area (Å²) in [5.41, 5.74) is 3.24. The van der Waals surface area contributed by atoms with Gasteiger partial charge in [0.2, 0.25) is 5.91 Å². The summed E-state index contributed by atoms with van der Waals surface area (Å²) in [5.74, 6) is 0.812. The van der Waals surface area contributed by atoms with Gasteiger partial charge in [0.05, 0.1) is 18.6 Å². The third-order valence-corrected chi connectivity index (χ3v) is 5.41. The zero-order chi connectivity index (χ0) is 20.2. The third-order valence-electron chi connectivity index (χ3n) is 4.47. The van der Waals surface area contributed by atoms with Crippen molar-refractivity contribution in [2.75, 3.05) is 32.2 Å². The second-order valence-corrected chi connectivity index (χ2v) is 7.75. The van der Waals surface area contributed by atoms with E-state index < -0.39 is 0 Å². The Morgan fingerprint density at radius 2 is 1.96 bits per heavy atom. The molecule has 2 aromatic rings. The van der Waals surface area contributed by atoms with E-state index in [9.17, 15) is 9.59 Å². The zero-order valence-electron chi connectivity index (χ0n) is 16.6. The molecule has 0 radical (unpaired) electrons. The number of nitrogens with zero attached hydrogens (tertiary/aromatic N) is 2. The highest BCUT2D eigenvalue weighted by atomic mass is 32.2. The van der Waals surface area contributed by atoms with Crippen LogP contribution in [0.25, 0.3) is 11.3 Å². The molecule has 1 amide bonds. The summed E-state index contributed by atoms with van der Waals surface area (Å²) in [6.07, 6.45) is 4.52. The molecule has 0 fully saturated rings. The normalized spacial score (nSPS) is 10.6. The summed E-state index contributed by atoms with van der Waals surface area (Å²) in [7, 11) is 3.21. The molecule has 1 aromatic heterocycles. The molecule has 2 rings (SSSR count). The summed E-state index contributed by atoms with van der Waals surface area (Å²) >= 11 is 1.43. The minimum Gasteiger partial charge on any atom is -0.468 e. The van der Waals surface area contributed by atoms with Crippen molar-refractivity contribution in [2.45, 2.75) is 32.1 Å². The summed E-state index contributed by atoms with van der Waals surface area (Å²) < 4.78 is 4.58. The molecule has 0 aliphatic heterocycles. The first-order chi connectivity index (χ1) is 13.6. The van der Waals surface area contributed by atoms with Crippen molar-refractivity contribution in [3.05, 3.63) is 42.1 Å². The van der Waals surface area contributed by atoms with Gasteiger partial charge in [-0.3, -0.25) is 14.7 Å². The Bertz CT molecular complexity index is 734. The van der Waals surface area contributed by atoms with Gasteiger partial charge in [0.15, 0.2) is 0 Å². The highest BCUT2D eigenvalue weighted by Gasteiger charge is 2.09. The lowest BCUT2D eigenvalue weighted by Gasteiger charge is -2.16. The topological polar surface area (TPSA) is 75.3 Å². The van der Waals surface area contributed by atoms with Crippen LogP contribution in [0.1, 0.15) is 31.4 Å². The first-order valence-corrected chi connectivity index (χ1v) is 10.7. The molecular weight excluding hydrogens is 374 g/mol. The van der Waals surface area contributed by atoms with Crippen LogP contribution in [0.15, 0.2) is 36.4 Å². The molecule has 0 atom stereocenters. The number of esters is 1. The maximum Gasteiger partial charge on any atom is 0.315 e. The van der Waals surface area contributed by atoms with Crippen LogP contribution in [-0.4, -0.2) is 59.2 Å². The Kier molecular flexibility index (Phi) is 9.62. The van der Waals surface area contributed by atoms with Gasteiger partial charge in [-0.25, -0.2) is 0 Å². The van der Waals surface area contributed by atoms with E-state index in [1.165, 1.54) is 18.9 Å². The van der Waals surface area contributed by atoms with Crippen LogP contribution in [-0.2, 0) is 20.7 Å². The van der Waals surface area contributed by atoms with E-state index in [0.717, 1.165) is 49.2 Å². The SMILES string of the molecule is COC(=O)CSCCC(=O)N(C)CCCCCc1cc(-c2ccccc2)n[nH]1. The maximum absolute atomic E-state index is 12.1. The van der Waals surface area contributed by atoms with Gasteiger partial charge in [-0.15, -0.1) is 11.8 Å². The minimum atomic E-state index is -0.251. The lowest BCUT2D eigenvalue weighted by molar-refractivity contribution is -0.137. The summed E-state index contributed by atoms with van der Waals surface area (Å²) in [4.78, 5) is 24.9. The number of hydrogen-bond acceptors (Lipinski definition) is 5. The van der Waals surface area contributed by atoms with Gasteiger partial charge in [0, 0.05) is 37.0 Å². The number of unbranched alkanes of at least 4 members (excludes halogenated alkanes) is 2. The van der Waals surface area contributed by atoms with E-state index in [-0.39, 0.29) is 11.9 Å². The van der Waals surface area contributed by atoms with Crippen LogP contribution >= 0.6 is 11.8 Å². The van der Waals surface area contributed by atoms with E-state index in [1.807, 2.05) is 25.2 Å². The fourth-order valence-electron chi connectivity index (χ4n) is 2.78. The van der Waals surface area contributed by atoms with Crippen molar-refractivity contribution in [2.24, 2.45) is 0 Å². The van der Waals surface area contributed by atoms with Crippen LogP contribution in [0.5, 0.6) is 0 Å².